The summed E-state index contributed by atoms with van der Waals surface area (Å²) in [5, 5.41) is 3.36. The third-order valence-electron chi connectivity index (χ3n) is 4.06. The van der Waals surface area contributed by atoms with E-state index in [0.29, 0.717) is 10.7 Å². The smallest absolute Gasteiger partial charge is 0.261 e. The first-order valence-corrected chi connectivity index (χ1v) is 10.3. The standard InChI is InChI=1S/C20H18ClN3O3S/c1-14(15-9-11-22-12-10-15)23-20(25)16-3-2-4-19(13-16)28(26,27)24-18-7-5-17(21)6-8-18/h2-14,24H,1H3,(H,23,25). The molecule has 0 aliphatic rings. The van der Waals surface area contributed by atoms with Gasteiger partial charge in [-0.15, -0.1) is 0 Å². The lowest BCUT2D eigenvalue weighted by Crippen LogP contribution is -2.27. The van der Waals surface area contributed by atoms with E-state index in [2.05, 4.69) is 15.0 Å². The maximum atomic E-state index is 12.6. The van der Waals surface area contributed by atoms with Crippen molar-refractivity contribution >= 4 is 33.2 Å². The SMILES string of the molecule is CC(NC(=O)c1cccc(S(=O)(=O)Nc2ccc(Cl)cc2)c1)c1ccncc1. The average Bonchev–Trinajstić information content (AvgIpc) is 2.70. The third-order valence-corrected chi connectivity index (χ3v) is 5.69. The second-order valence-electron chi connectivity index (χ2n) is 6.12. The molecule has 3 rings (SSSR count). The lowest BCUT2D eigenvalue weighted by Gasteiger charge is -2.15. The molecule has 0 saturated carbocycles. The van der Waals surface area contributed by atoms with Gasteiger partial charge in [0.1, 0.15) is 0 Å². The van der Waals surface area contributed by atoms with Crippen LogP contribution in [0.1, 0.15) is 28.9 Å². The Morgan fingerprint density at radius 2 is 1.71 bits per heavy atom. The van der Waals surface area contributed by atoms with Crippen molar-refractivity contribution in [3.63, 3.8) is 0 Å². The van der Waals surface area contributed by atoms with E-state index in [0.717, 1.165) is 5.56 Å². The predicted octanol–water partition coefficient (Wildman–Crippen LogP) is 4.03. The Kier molecular flexibility index (Phi) is 5.96. The molecule has 6 nitrogen and oxygen atoms in total. The summed E-state index contributed by atoms with van der Waals surface area (Å²) in [6.07, 6.45) is 3.29. The van der Waals surface area contributed by atoms with E-state index in [-0.39, 0.29) is 22.4 Å². The minimum absolute atomic E-state index is 0.00772. The fraction of sp³-hybridized carbons (Fsp3) is 0.100. The summed E-state index contributed by atoms with van der Waals surface area (Å²) >= 11 is 5.82. The number of halogens is 1. The highest BCUT2D eigenvalue weighted by Crippen LogP contribution is 2.20. The van der Waals surface area contributed by atoms with E-state index < -0.39 is 10.0 Å². The Morgan fingerprint density at radius 3 is 2.39 bits per heavy atom. The van der Waals surface area contributed by atoms with Gasteiger partial charge in [0.25, 0.3) is 15.9 Å². The lowest BCUT2D eigenvalue weighted by atomic mass is 10.1. The normalized spacial score (nSPS) is 12.2. The van der Waals surface area contributed by atoms with E-state index in [1.54, 1.807) is 42.7 Å². The van der Waals surface area contributed by atoms with Crippen molar-refractivity contribution in [3.8, 4) is 0 Å². The largest absolute Gasteiger partial charge is 0.346 e. The van der Waals surface area contributed by atoms with Crippen molar-refractivity contribution < 1.29 is 13.2 Å². The van der Waals surface area contributed by atoms with Gasteiger partial charge in [-0.25, -0.2) is 8.42 Å². The van der Waals surface area contributed by atoms with Gasteiger partial charge >= 0.3 is 0 Å². The molecule has 1 aromatic heterocycles. The highest BCUT2D eigenvalue weighted by molar-refractivity contribution is 7.92. The minimum atomic E-state index is -3.84. The van der Waals surface area contributed by atoms with Crippen LogP contribution in [0.3, 0.4) is 0 Å². The van der Waals surface area contributed by atoms with Crippen LogP contribution < -0.4 is 10.0 Å². The van der Waals surface area contributed by atoms with E-state index in [4.69, 9.17) is 11.6 Å². The summed E-state index contributed by atoms with van der Waals surface area (Å²) in [6, 6.07) is 15.5. The van der Waals surface area contributed by atoms with Gasteiger partial charge in [0.05, 0.1) is 10.9 Å². The number of hydrogen-bond acceptors (Lipinski definition) is 4. The maximum Gasteiger partial charge on any atom is 0.261 e. The molecule has 0 spiro atoms. The number of sulfonamides is 1. The molecule has 3 aromatic rings. The Hall–Kier alpha value is -2.90. The summed E-state index contributed by atoms with van der Waals surface area (Å²) in [5.41, 5.74) is 1.53. The van der Waals surface area contributed by atoms with E-state index in [1.807, 2.05) is 19.1 Å². The first-order chi connectivity index (χ1) is 13.3. The van der Waals surface area contributed by atoms with Crippen LogP contribution in [0, 0.1) is 0 Å². The van der Waals surface area contributed by atoms with Gasteiger partial charge in [-0.05, 0) is 67.1 Å². The number of rotatable bonds is 6. The molecule has 2 aromatic carbocycles. The molecule has 1 unspecified atom stereocenters. The number of benzene rings is 2. The number of anilines is 1. The van der Waals surface area contributed by atoms with Crippen LogP contribution in [-0.2, 0) is 10.0 Å². The molecule has 0 aliphatic carbocycles. The van der Waals surface area contributed by atoms with Gasteiger partial charge in [0.2, 0.25) is 0 Å². The van der Waals surface area contributed by atoms with E-state index in [9.17, 15) is 13.2 Å². The van der Waals surface area contributed by atoms with Crippen molar-refractivity contribution in [2.75, 3.05) is 4.72 Å². The molecule has 0 aliphatic heterocycles. The van der Waals surface area contributed by atoms with Crippen LogP contribution in [-0.4, -0.2) is 19.3 Å². The molecule has 1 atom stereocenters. The van der Waals surface area contributed by atoms with Crippen molar-refractivity contribution in [1.29, 1.82) is 0 Å². The summed E-state index contributed by atoms with van der Waals surface area (Å²) in [4.78, 5) is 16.5. The van der Waals surface area contributed by atoms with Gasteiger partial charge in [-0.1, -0.05) is 17.7 Å². The molecule has 0 fully saturated rings. The van der Waals surface area contributed by atoms with Gasteiger partial charge in [0, 0.05) is 28.7 Å². The summed E-state index contributed by atoms with van der Waals surface area (Å²) in [7, 11) is -3.84. The third kappa shape index (κ3) is 4.88. The molecule has 8 heteroatoms. The first-order valence-electron chi connectivity index (χ1n) is 8.44. The number of carbonyl (C=O) groups is 1. The van der Waals surface area contributed by atoms with Crippen LogP contribution in [0.5, 0.6) is 0 Å². The first kappa shape index (κ1) is 19.9. The topological polar surface area (TPSA) is 88.2 Å². The Labute approximate surface area is 168 Å². The molecule has 0 bridgehead atoms. The Bertz CT molecular complexity index is 1070. The predicted molar refractivity (Wildman–Crippen MR) is 109 cm³/mol. The van der Waals surface area contributed by atoms with Crippen LogP contribution >= 0.6 is 11.6 Å². The lowest BCUT2D eigenvalue weighted by molar-refractivity contribution is 0.0939. The summed E-state index contributed by atoms with van der Waals surface area (Å²) < 4.78 is 27.7. The molecule has 2 N–H and O–H groups in total. The summed E-state index contributed by atoms with van der Waals surface area (Å²) in [6.45, 7) is 1.84. The highest BCUT2D eigenvalue weighted by Gasteiger charge is 2.18. The number of pyridine rings is 1. The average molecular weight is 416 g/mol. The zero-order valence-corrected chi connectivity index (χ0v) is 16.5. The second-order valence-corrected chi connectivity index (χ2v) is 8.23. The number of hydrogen-bond donors (Lipinski definition) is 2. The molecule has 0 saturated heterocycles. The van der Waals surface area contributed by atoms with Crippen LogP contribution in [0.25, 0.3) is 0 Å². The molecule has 1 heterocycles. The second kappa shape index (κ2) is 8.41. The van der Waals surface area contributed by atoms with Crippen molar-refractivity contribution in [1.82, 2.24) is 10.3 Å². The molecule has 144 valence electrons. The van der Waals surface area contributed by atoms with Crippen LogP contribution in [0.15, 0.2) is 78.0 Å². The monoisotopic (exact) mass is 415 g/mol. The number of amides is 1. The quantitative estimate of drug-likeness (QED) is 0.636. The number of aromatic nitrogens is 1. The molecule has 1 amide bonds. The molecular formula is C20H18ClN3O3S. The van der Waals surface area contributed by atoms with Crippen molar-refractivity contribution in [2.45, 2.75) is 17.9 Å². The van der Waals surface area contributed by atoms with Gasteiger partial charge in [-0.3, -0.25) is 14.5 Å². The van der Waals surface area contributed by atoms with E-state index >= 15 is 0 Å². The number of nitrogens with zero attached hydrogens (tertiary/aromatic N) is 1. The van der Waals surface area contributed by atoms with Gasteiger partial charge in [-0.2, -0.15) is 0 Å². The fourth-order valence-electron chi connectivity index (χ4n) is 2.55. The highest BCUT2D eigenvalue weighted by atomic mass is 35.5. The maximum absolute atomic E-state index is 12.6. The number of carbonyl (C=O) groups excluding carboxylic acids is 1. The molecular weight excluding hydrogens is 398 g/mol. The summed E-state index contributed by atoms with van der Waals surface area (Å²) in [5.74, 6) is -0.368. The Balaban J connectivity index is 1.77. The molecule has 28 heavy (non-hydrogen) atoms. The fourth-order valence-corrected chi connectivity index (χ4v) is 3.78. The van der Waals surface area contributed by atoms with Crippen LogP contribution in [0.2, 0.25) is 5.02 Å². The van der Waals surface area contributed by atoms with Crippen LogP contribution in [0.4, 0.5) is 5.69 Å². The number of nitrogens with one attached hydrogen (secondary N) is 2. The van der Waals surface area contributed by atoms with Crippen molar-refractivity contribution in [2.24, 2.45) is 0 Å². The van der Waals surface area contributed by atoms with E-state index in [1.165, 1.54) is 18.2 Å². The zero-order valence-electron chi connectivity index (χ0n) is 15.0. The van der Waals surface area contributed by atoms with Crippen molar-refractivity contribution in [3.05, 3.63) is 89.2 Å². The molecule has 0 radical (unpaired) electrons. The van der Waals surface area contributed by atoms with Gasteiger partial charge < -0.3 is 5.32 Å². The minimum Gasteiger partial charge on any atom is -0.346 e. The zero-order chi connectivity index (χ0) is 20.1. The Morgan fingerprint density at radius 1 is 1.04 bits per heavy atom. The van der Waals surface area contributed by atoms with Gasteiger partial charge in [0.15, 0.2) is 0 Å².